The fourth-order valence-corrected chi connectivity index (χ4v) is 5.63. The van der Waals surface area contributed by atoms with Gasteiger partial charge >= 0.3 is 0 Å². The molecule has 0 atom stereocenters. The van der Waals surface area contributed by atoms with Crippen LogP contribution >= 0.6 is 0 Å². The van der Waals surface area contributed by atoms with Gasteiger partial charge in [-0.3, -0.25) is 4.79 Å². The number of nitrogen functional groups attached to an aromatic ring is 1. The summed E-state index contributed by atoms with van der Waals surface area (Å²) in [6.45, 7) is 0. The van der Waals surface area contributed by atoms with Crippen LogP contribution in [0, 0.1) is 17.8 Å². The molecule has 0 aliphatic heterocycles. The molecule has 6 rings (SSSR count). The lowest BCUT2D eigenvalue weighted by atomic mass is 9.53. The lowest BCUT2D eigenvalue weighted by molar-refractivity contribution is -0.0418. The molecule has 4 fully saturated rings. The zero-order valence-electron chi connectivity index (χ0n) is 11.9. The highest BCUT2D eigenvalue weighted by Crippen LogP contribution is 2.58. The van der Waals surface area contributed by atoms with Crippen molar-refractivity contribution >= 4 is 11.7 Å². The Morgan fingerprint density at radius 2 is 1.76 bits per heavy atom. The Morgan fingerprint density at radius 1 is 1.14 bits per heavy atom. The largest absolute Gasteiger partial charge is 0.366 e. The molecule has 4 bridgehead atoms. The lowest BCUT2D eigenvalue weighted by Gasteiger charge is -2.57. The van der Waals surface area contributed by atoms with E-state index in [1.807, 2.05) is 6.20 Å². The Morgan fingerprint density at radius 3 is 2.38 bits per heavy atom. The number of rotatable bonds is 1. The van der Waals surface area contributed by atoms with Gasteiger partial charge in [-0.25, -0.2) is 0 Å². The van der Waals surface area contributed by atoms with E-state index in [-0.39, 0.29) is 17.0 Å². The van der Waals surface area contributed by atoms with E-state index in [0.717, 1.165) is 17.8 Å². The zero-order chi connectivity index (χ0) is 14.2. The van der Waals surface area contributed by atoms with E-state index < -0.39 is 0 Å². The van der Waals surface area contributed by atoms with Gasteiger partial charge in [-0.1, -0.05) is 0 Å². The van der Waals surface area contributed by atoms with Crippen LogP contribution in [0.2, 0.25) is 0 Å². The number of aromatic nitrogens is 4. The minimum absolute atomic E-state index is 0.128. The monoisotopic (exact) mass is 285 g/mol. The maximum Gasteiger partial charge on any atom is 0.275 e. The van der Waals surface area contributed by atoms with Crippen molar-refractivity contribution in [3.63, 3.8) is 0 Å². The number of fused-ring (bicyclic) bond motifs is 1. The molecule has 0 amide bonds. The zero-order valence-corrected chi connectivity index (χ0v) is 11.9. The molecule has 21 heavy (non-hydrogen) atoms. The fourth-order valence-electron chi connectivity index (χ4n) is 5.63. The lowest BCUT2D eigenvalue weighted by Crippen LogP contribution is -2.52. The SMILES string of the molecule is Nc1nc2n(C34CC5CC(CC(C5)C3)C4)ccc(=O)n2n1. The Labute approximate surface area is 122 Å². The number of anilines is 1. The van der Waals surface area contributed by atoms with E-state index in [1.165, 1.54) is 43.0 Å². The minimum atomic E-state index is -0.157. The van der Waals surface area contributed by atoms with Gasteiger partial charge in [-0.05, 0) is 56.3 Å². The van der Waals surface area contributed by atoms with E-state index in [9.17, 15) is 4.79 Å². The van der Waals surface area contributed by atoms with Crippen molar-refractivity contribution in [3.05, 3.63) is 22.6 Å². The van der Waals surface area contributed by atoms with Crippen molar-refractivity contribution in [1.29, 1.82) is 0 Å². The van der Waals surface area contributed by atoms with Crippen molar-refractivity contribution < 1.29 is 0 Å². The smallest absolute Gasteiger partial charge is 0.275 e. The summed E-state index contributed by atoms with van der Waals surface area (Å²) in [5.41, 5.74) is 5.70. The van der Waals surface area contributed by atoms with Crippen molar-refractivity contribution in [2.24, 2.45) is 17.8 Å². The molecule has 0 aromatic carbocycles. The molecule has 2 heterocycles. The van der Waals surface area contributed by atoms with Crippen LogP contribution in [-0.2, 0) is 5.54 Å². The molecule has 2 aromatic heterocycles. The summed E-state index contributed by atoms with van der Waals surface area (Å²) in [5, 5.41) is 4.05. The van der Waals surface area contributed by atoms with Crippen molar-refractivity contribution in [3.8, 4) is 0 Å². The third kappa shape index (κ3) is 1.50. The highest BCUT2D eigenvalue weighted by atomic mass is 16.1. The normalized spacial score (nSPS) is 37.4. The summed E-state index contributed by atoms with van der Waals surface area (Å²) in [5.74, 6) is 3.32. The van der Waals surface area contributed by atoms with Gasteiger partial charge in [0.1, 0.15) is 0 Å². The van der Waals surface area contributed by atoms with Crippen LogP contribution in [0.1, 0.15) is 38.5 Å². The molecule has 0 saturated heterocycles. The first kappa shape index (κ1) is 11.8. The first-order valence-corrected chi connectivity index (χ1v) is 7.87. The molecule has 0 unspecified atom stereocenters. The molecule has 4 aliphatic rings. The third-order valence-corrected chi connectivity index (χ3v) is 5.91. The third-order valence-electron chi connectivity index (χ3n) is 5.91. The summed E-state index contributed by atoms with van der Waals surface area (Å²) >= 11 is 0. The van der Waals surface area contributed by atoms with E-state index in [4.69, 9.17) is 5.73 Å². The van der Waals surface area contributed by atoms with Crippen molar-refractivity contribution in [2.45, 2.75) is 44.1 Å². The molecule has 2 N–H and O–H groups in total. The van der Waals surface area contributed by atoms with Gasteiger partial charge in [-0.2, -0.15) is 9.50 Å². The van der Waals surface area contributed by atoms with Gasteiger partial charge in [0.15, 0.2) is 0 Å². The molecule has 4 aliphatic carbocycles. The van der Waals surface area contributed by atoms with Crippen molar-refractivity contribution in [2.75, 3.05) is 5.73 Å². The quantitative estimate of drug-likeness (QED) is 0.859. The first-order valence-electron chi connectivity index (χ1n) is 7.87. The summed E-state index contributed by atoms with van der Waals surface area (Å²) in [7, 11) is 0. The molecule has 110 valence electrons. The van der Waals surface area contributed by atoms with E-state index in [0.29, 0.717) is 5.78 Å². The molecule has 6 heteroatoms. The highest BCUT2D eigenvalue weighted by Gasteiger charge is 2.52. The summed E-state index contributed by atoms with van der Waals surface area (Å²) in [6.07, 6.45) is 9.73. The molecular formula is C15H19N5O. The van der Waals surface area contributed by atoms with E-state index >= 15 is 0 Å². The number of nitrogens with zero attached hydrogens (tertiary/aromatic N) is 4. The van der Waals surface area contributed by atoms with Crippen LogP contribution in [0.25, 0.3) is 5.78 Å². The maximum atomic E-state index is 12.0. The predicted molar refractivity (Wildman–Crippen MR) is 77.8 cm³/mol. The average molecular weight is 285 g/mol. The second-order valence-electron chi connectivity index (χ2n) is 7.35. The second-order valence-corrected chi connectivity index (χ2v) is 7.35. The van der Waals surface area contributed by atoms with Crippen molar-refractivity contribution in [1.82, 2.24) is 19.2 Å². The number of hydrogen-bond donors (Lipinski definition) is 1. The Bertz CT molecular complexity index is 754. The summed E-state index contributed by atoms with van der Waals surface area (Å²) in [4.78, 5) is 16.3. The molecule has 0 radical (unpaired) electrons. The van der Waals surface area contributed by atoms with Crippen LogP contribution < -0.4 is 11.3 Å². The topological polar surface area (TPSA) is 78.2 Å². The van der Waals surface area contributed by atoms with Crippen LogP contribution in [0.5, 0.6) is 0 Å². The first-order chi connectivity index (χ1) is 10.1. The minimum Gasteiger partial charge on any atom is -0.366 e. The average Bonchev–Trinajstić information content (AvgIpc) is 2.79. The highest BCUT2D eigenvalue weighted by molar-refractivity contribution is 5.36. The van der Waals surface area contributed by atoms with Gasteiger partial charge < -0.3 is 10.3 Å². The van der Waals surface area contributed by atoms with Crippen LogP contribution in [0.4, 0.5) is 5.95 Å². The standard InChI is InChI=1S/C15H19N5O/c16-13-17-14-19(2-1-12(21)20(14)18-13)15-6-9-3-10(7-15)5-11(4-9)8-15/h1-2,9-11H,3-8H2,(H2,16,18). The Balaban J connectivity index is 1.74. The number of nitrogens with two attached hydrogens (primary N) is 1. The van der Waals surface area contributed by atoms with Crippen LogP contribution in [0.15, 0.2) is 17.1 Å². The molecule has 4 saturated carbocycles. The Kier molecular flexibility index (Phi) is 2.06. The van der Waals surface area contributed by atoms with Crippen LogP contribution in [-0.4, -0.2) is 19.2 Å². The van der Waals surface area contributed by atoms with Gasteiger partial charge in [0.05, 0.1) is 0 Å². The summed E-state index contributed by atoms with van der Waals surface area (Å²) < 4.78 is 3.57. The maximum absolute atomic E-state index is 12.0. The van der Waals surface area contributed by atoms with E-state index in [2.05, 4.69) is 14.6 Å². The fraction of sp³-hybridized carbons (Fsp3) is 0.667. The molecule has 2 aromatic rings. The Hall–Kier alpha value is -1.85. The molecule has 6 nitrogen and oxygen atoms in total. The van der Waals surface area contributed by atoms with Crippen LogP contribution in [0.3, 0.4) is 0 Å². The van der Waals surface area contributed by atoms with E-state index in [1.54, 1.807) is 6.07 Å². The van der Waals surface area contributed by atoms with Gasteiger partial charge in [0.25, 0.3) is 5.56 Å². The summed E-state index contributed by atoms with van der Waals surface area (Å²) in [6, 6.07) is 1.60. The van der Waals surface area contributed by atoms with Gasteiger partial charge in [0, 0.05) is 17.8 Å². The number of hydrogen-bond acceptors (Lipinski definition) is 4. The predicted octanol–water partition coefficient (Wildman–Crippen LogP) is 1.40. The van der Waals surface area contributed by atoms with Gasteiger partial charge in [-0.15, -0.1) is 5.10 Å². The second kappa shape index (κ2) is 3.67. The van der Waals surface area contributed by atoms with Gasteiger partial charge in [0.2, 0.25) is 11.7 Å². The molecular weight excluding hydrogens is 266 g/mol. The molecule has 0 spiro atoms.